The van der Waals surface area contributed by atoms with Gasteiger partial charge >= 0.3 is 0 Å². The number of nitrogens with one attached hydrogen (secondary N) is 1. The zero-order chi connectivity index (χ0) is 21.1. The number of carbonyl (C=O) groups is 1. The van der Waals surface area contributed by atoms with Crippen molar-refractivity contribution in [1.29, 1.82) is 0 Å². The molecule has 0 saturated heterocycles. The van der Waals surface area contributed by atoms with Gasteiger partial charge in [0.25, 0.3) is 5.91 Å². The van der Waals surface area contributed by atoms with Crippen LogP contribution in [0.25, 0.3) is 0 Å². The second-order valence-corrected chi connectivity index (χ2v) is 8.92. The molecule has 0 saturated carbocycles. The zero-order valence-electron chi connectivity index (χ0n) is 17.0. The van der Waals surface area contributed by atoms with E-state index in [0.29, 0.717) is 17.1 Å². The summed E-state index contributed by atoms with van der Waals surface area (Å²) in [5, 5.41) is 3.67. The maximum atomic E-state index is 12.7. The molecule has 0 fully saturated rings. The van der Waals surface area contributed by atoms with Gasteiger partial charge in [-0.3, -0.25) is 9.79 Å². The summed E-state index contributed by atoms with van der Waals surface area (Å²) in [6, 6.07) is 19.8. The topological polar surface area (TPSA) is 41.5 Å². The Labute approximate surface area is 186 Å². The number of rotatable bonds is 5. The molecule has 0 aromatic heterocycles. The zero-order valence-corrected chi connectivity index (χ0v) is 18.6. The third kappa shape index (κ3) is 4.61. The molecular weight excluding hydrogens is 412 g/mol. The molecule has 1 aliphatic rings. The number of hydrogen-bond acceptors (Lipinski definition) is 3. The van der Waals surface area contributed by atoms with Gasteiger partial charge < -0.3 is 5.32 Å². The molecule has 0 bridgehead atoms. The lowest BCUT2D eigenvalue weighted by atomic mass is 10.0. The molecule has 152 valence electrons. The fraction of sp³-hybridized carbons (Fsp3) is 0.200. The van der Waals surface area contributed by atoms with E-state index in [-0.39, 0.29) is 5.91 Å². The highest BCUT2D eigenvalue weighted by molar-refractivity contribution is 7.99. The number of amides is 1. The average molecular weight is 435 g/mol. The van der Waals surface area contributed by atoms with Crippen molar-refractivity contribution in [3.05, 3.63) is 87.9 Å². The second-order valence-electron chi connectivity index (χ2n) is 7.40. The minimum atomic E-state index is -0.109. The highest BCUT2D eigenvalue weighted by Crippen LogP contribution is 2.41. The van der Waals surface area contributed by atoms with Gasteiger partial charge in [0, 0.05) is 38.2 Å². The number of nitrogens with zero attached hydrogens (tertiary/aromatic N) is 1. The largest absolute Gasteiger partial charge is 0.348 e. The smallest absolute Gasteiger partial charge is 0.251 e. The van der Waals surface area contributed by atoms with Gasteiger partial charge in [0.15, 0.2) is 0 Å². The second kappa shape index (κ2) is 9.07. The van der Waals surface area contributed by atoms with Gasteiger partial charge in [0.2, 0.25) is 0 Å². The third-order valence-electron chi connectivity index (χ3n) is 5.00. The fourth-order valence-corrected chi connectivity index (χ4v) is 4.56. The Balaban J connectivity index is 1.61. The van der Waals surface area contributed by atoms with Gasteiger partial charge in [0.05, 0.1) is 5.69 Å². The molecule has 30 heavy (non-hydrogen) atoms. The van der Waals surface area contributed by atoms with Crippen molar-refractivity contribution in [2.24, 2.45) is 4.99 Å². The van der Waals surface area contributed by atoms with Crippen LogP contribution >= 0.6 is 23.4 Å². The molecule has 3 aromatic rings. The van der Waals surface area contributed by atoms with Crippen LogP contribution in [0.3, 0.4) is 0 Å². The minimum Gasteiger partial charge on any atom is -0.348 e. The van der Waals surface area contributed by atoms with Gasteiger partial charge in [-0.15, -0.1) is 0 Å². The fourth-order valence-electron chi connectivity index (χ4n) is 3.43. The van der Waals surface area contributed by atoms with E-state index in [9.17, 15) is 4.79 Å². The molecule has 1 heterocycles. The SMILES string of the molecule is CCCC1=Nc2cc(C(=O)NCc3ccc(Cl)cc3)ccc2Sc2ccc(C)cc21. The maximum Gasteiger partial charge on any atom is 0.251 e. The molecule has 0 unspecified atom stereocenters. The van der Waals surface area contributed by atoms with Crippen LogP contribution in [0.15, 0.2) is 75.4 Å². The van der Waals surface area contributed by atoms with Crippen molar-refractivity contribution in [3.63, 3.8) is 0 Å². The Kier molecular flexibility index (Phi) is 6.26. The summed E-state index contributed by atoms with van der Waals surface area (Å²) in [6.07, 6.45) is 1.93. The highest BCUT2D eigenvalue weighted by atomic mass is 35.5. The summed E-state index contributed by atoms with van der Waals surface area (Å²) in [6.45, 7) is 4.73. The minimum absolute atomic E-state index is 0.109. The molecule has 1 N–H and O–H groups in total. The first-order valence-corrected chi connectivity index (χ1v) is 11.3. The van der Waals surface area contributed by atoms with Gasteiger partial charge in [-0.2, -0.15) is 0 Å². The number of hydrogen-bond donors (Lipinski definition) is 1. The molecule has 4 rings (SSSR count). The van der Waals surface area contributed by atoms with Gasteiger partial charge in [-0.05, 0) is 61.4 Å². The Morgan fingerprint density at radius 3 is 2.57 bits per heavy atom. The van der Waals surface area contributed by atoms with E-state index in [2.05, 4.69) is 37.4 Å². The predicted octanol–water partition coefficient (Wildman–Crippen LogP) is 6.96. The van der Waals surface area contributed by atoms with Crippen LogP contribution in [0.4, 0.5) is 5.69 Å². The van der Waals surface area contributed by atoms with E-state index in [0.717, 1.165) is 34.7 Å². The molecule has 3 nitrogen and oxygen atoms in total. The summed E-state index contributed by atoms with van der Waals surface area (Å²) in [7, 11) is 0. The number of halogens is 1. The molecule has 1 aliphatic heterocycles. The van der Waals surface area contributed by atoms with Crippen LogP contribution in [0, 0.1) is 6.92 Å². The monoisotopic (exact) mass is 434 g/mol. The first kappa shape index (κ1) is 20.7. The number of aryl methyl sites for hydroxylation is 1. The Morgan fingerprint density at radius 2 is 1.80 bits per heavy atom. The van der Waals surface area contributed by atoms with Gasteiger partial charge in [-0.25, -0.2) is 0 Å². The molecule has 1 amide bonds. The standard InChI is InChI=1S/C25H23ClN2OS/c1-3-4-21-20-13-16(2)5-11-23(20)30-24-12-8-18(14-22(24)28-21)25(29)27-15-17-6-9-19(26)10-7-17/h5-14H,3-4,15H2,1-2H3,(H,27,29). The Bertz CT molecular complexity index is 1120. The lowest BCUT2D eigenvalue weighted by Gasteiger charge is -2.09. The normalized spacial score (nSPS) is 12.4. The van der Waals surface area contributed by atoms with E-state index < -0.39 is 0 Å². The number of fused-ring (bicyclic) bond motifs is 2. The van der Waals surface area contributed by atoms with Crippen LogP contribution in [0.1, 0.15) is 46.8 Å². The highest BCUT2D eigenvalue weighted by Gasteiger charge is 2.18. The van der Waals surface area contributed by atoms with Crippen molar-refractivity contribution in [2.75, 3.05) is 0 Å². The van der Waals surface area contributed by atoms with Crippen molar-refractivity contribution < 1.29 is 4.79 Å². The van der Waals surface area contributed by atoms with Gasteiger partial charge in [-0.1, -0.05) is 60.5 Å². The Hall–Kier alpha value is -2.56. The van der Waals surface area contributed by atoms with Crippen LogP contribution in [0.5, 0.6) is 0 Å². The molecule has 3 aromatic carbocycles. The molecule has 0 aliphatic carbocycles. The summed E-state index contributed by atoms with van der Waals surface area (Å²) in [5.41, 5.74) is 5.99. The van der Waals surface area contributed by atoms with Crippen LogP contribution in [-0.2, 0) is 6.54 Å². The summed E-state index contributed by atoms with van der Waals surface area (Å²) < 4.78 is 0. The molecule has 0 atom stereocenters. The summed E-state index contributed by atoms with van der Waals surface area (Å²) >= 11 is 7.64. The van der Waals surface area contributed by atoms with E-state index in [1.165, 1.54) is 16.0 Å². The quantitative estimate of drug-likeness (QED) is 0.471. The van der Waals surface area contributed by atoms with E-state index >= 15 is 0 Å². The average Bonchev–Trinajstić information content (AvgIpc) is 2.89. The summed E-state index contributed by atoms with van der Waals surface area (Å²) in [4.78, 5) is 20.0. The maximum absolute atomic E-state index is 12.7. The van der Waals surface area contributed by atoms with Crippen molar-refractivity contribution in [2.45, 2.75) is 43.0 Å². The molecular formula is C25H23ClN2OS. The Morgan fingerprint density at radius 1 is 1.03 bits per heavy atom. The number of carbonyl (C=O) groups excluding carboxylic acids is 1. The third-order valence-corrected chi connectivity index (χ3v) is 6.39. The lowest BCUT2D eigenvalue weighted by molar-refractivity contribution is 0.0951. The lowest BCUT2D eigenvalue weighted by Crippen LogP contribution is -2.22. The van der Waals surface area contributed by atoms with Crippen LogP contribution in [0.2, 0.25) is 5.02 Å². The first-order chi connectivity index (χ1) is 14.5. The molecule has 0 radical (unpaired) electrons. The summed E-state index contributed by atoms with van der Waals surface area (Å²) in [5.74, 6) is -0.109. The number of benzene rings is 3. The number of aliphatic imine (C=N–C) groups is 1. The van der Waals surface area contributed by atoms with Gasteiger partial charge in [0.1, 0.15) is 0 Å². The van der Waals surface area contributed by atoms with Crippen molar-refractivity contribution in [3.8, 4) is 0 Å². The van der Waals surface area contributed by atoms with Crippen molar-refractivity contribution in [1.82, 2.24) is 5.32 Å². The van der Waals surface area contributed by atoms with Crippen molar-refractivity contribution >= 4 is 40.7 Å². The molecule has 0 spiro atoms. The first-order valence-electron chi connectivity index (χ1n) is 10.1. The van der Waals surface area contributed by atoms with Crippen LogP contribution in [-0.4, -0.2) is 11.6 Å². The van der Waals surface area contributed by atoms with E-state index in [1.54, 1.807) is 11.8 Å². The van der Waals surface area contributed by atoms with E-state index in [1.807, 2.05) is 42.5 Å². The predicted molar refractivity (Wildman–Crippen MR) is 125 cm³/mol. The van der Waals surface area contributed by atoms with Crippen LogP contribution < -0.4 is 5.32 Å². The molecule has 5 heteroatoms. The van der Waals surface area contributed by atoms with E-state index in [4.69, 9.17) is 16.6 Å².